The number of rotatable bonds is 2. The van der Waals surface area contributed by atoms with Crippen LogP contribution in [0.5, 0.6) is 0 Å². The third-order valence-electron chi connectivity index (χ3n) is 3.50. The molecule has 0 spiro atoms. The summed E-state index contributed by atoms with van der Waals surface area (Å²) in [5.41, 5.74) is 2.23. The van der Waals surface area contributed by atoms with E-state index in [-0.39, 0.29) is 6.54 Å². The summed E-state index contributed by atoms with van der Waals surface area (Å²) in [7, 11) is 1.75. The summed E-state index contributed by atoms with van der Waals surface area (Å²) in [5, 5.41) is 5.13. The molecule has 2 aromatic rings. The van der Waals surface area contributed by atoms with Gasteiger partial charge in [0.25, 0.3) is 11.7 Å². The van der Waals surface area contributed by atoms with E-state index in [0.29, 0.717) is 32.7 Å². The van der Waals surface area contributed by atoms with Gasteiger partial charge in [-0.1, -0.05) is 23.2 Å². The summed E-state index contributed by atoms with van der Waals surface area (Å²) < 4.78 is 1.61. The largest absolute Gasteiger partial charge is 0.299 e. The van der Waals surface area contributed by atoms with Crippen molar-refractivity contribution in [2.24, 2.45) is 7.05 Å². The third-order valence-corrected chi connectivity index (χ3v) is 4.23. The van der Waals surface area contributed by atoms with Crippen LogP contribution in [0, 0.1) is 6.92 Å². The molecular formula is C14H11Cl2N3O2. The zero-order valence-electron chi connectivity index (χ0n) is 11.4. The molecule has 1 aliphatic heterocycles. The number of aromatic nitrogens is 2. The minimum absolute atomic E-state index is 0.190. The van der Waals surface area contributed by atoms with Gasteiger partial charge in [-0.2, -0.15) is 5.10 Å². The van der Waals surface area contributed by atoms with E-state index in [9.17, 15) is 9.59 Å². The molecular weight excluding hydrogens is 313 g/mol. The SMILES string of the molecule is Cc1nn(C)c(CN2C(=O)C(=O)c3cc(Cl)ccc32)c1Cl. The smallest absolute Gasteiger partial charge is 0.299 e. The lowest BCUT2D eigenvalue weighted by Gasteiger charge is -2.16. The van der Waals surface area contributed by atoms with Crippen LogP contribution < -0.4 is 4.90 Å². The van der Waals surface area contributed by atoms with Gasteiger partial charge in [0, 0.05) is 12.1 Å². The fourth-order valence-electron chi connectivity index (χ4n) is 2.43. The first-order chi connectivity index (χ1) is 9.90. The molecule has 0 aliphatic carbocycles. The maximum absolute atomic E-state index is 12.2. The highest BCUT2D eigenvalue weighted by Gasteiger charge is 2.36. The highest BCUT2D eigenvalue weighted by Crippen LogP contribution is 2.33. The number of hydrogen-bond donors (Lipinski definition) is 0. The molecule has 21 heavy (non-hydrogen) atoms. The van der Waals surface area contributed by atoms with Gasteiger partial charge in [-0.3, -0.25) is 19.2 Å². The van der Waals surface area contributed by atoms with Crippen LogP contribution in [-0.4, -0.2) is 21.5 Å². The van der Waals surface area contributed by atoms with Crippen molar-refractivity contribution in [2.75, 3.05) is 4.90 Å². The minimum atomic E-state index is -0.581. The predicted molar refractivity (Wildman–Crippen MR) is 79.9 cm³/mol. The van der Waals surface area contributed by atoms with Gasteiger partial charge < -0.3 is 0 Å². The second-order valence-electron chi connectivity index (χ2n) is 4.85. The summed E-state index contributed by atoms with van der Waals surface area (Å²) in [6.45, 7) is 1.98. The van der Waals surface area contributed by atoms with E-state index in [1.165, 1.54) is 11.0 Å². The van der Waals surface area contributed by atoms with Crippen LogP contribution in [0.25, 0.3) is 0 Å². The maximum atomic E-state index is 12.2. The Balaban J connectivity index is 2.04. The quantitative estimate of drug-likeness (QED) is 0.798. The van der Waals surface area contributed by atoms with E-state index in [1.54, 1.807) is 30.8 Å². The van der Waals surface area contributed by atoms with Crippen LogP contribution >= 0.6 is 23.2 Å². The van der Waals surface area contributed by atoms with Crippen LogP contribution in [0.15, 0.2) is 18.2 Å². The molecule has 1 aromatic heterocycles. The Kier molecular flexibility index (Phi) is 3.26. The van der Waals surface area contributed by atoms with Crippen LogP contribution in [-0.2, 0) is 18.4 Å². The van der Waals surface area contributed by atoms with Gasteiger partial charge in [0.05, 0.1) is 34.2 Å². The first kappa shape index (κ1) is 14.1. The van der Waals surface area contributed by atoms with Crippen molar-refractivity contribution in [3.63, 3.8) is 0 Å². The molecule has 5 nitrogen and oxygen atoms in total. The topological polar surface area (TPSA) is 55.2 Å². The van der Waals surface area contributed by atoms with E-state index >= 15 is 0 Å². The van der Waals surface area contributed by atoms with Crippen molar-refractivity contribution in [3.05, 3.63) is 45.2 Å². The summed E-state index contributed by atoms with van der Waals surface area (Å²) >= 11 is 12.1. The number of aryl methyl sites for hydroxylation is 2. The number of anilines is 1. The molecule has 3 rings (SSSR count). The standard InChI is InChI=1S/C14H11Cl2N3O2/c1-7-12(16)11(18(2)17-7)6-19-10-4-3-8(15)5-9(10)13(20)14(19)21/h3-5H,6H2,1-2H3. The van der Waals surface area contributed by atoms with Crippen molar-refractivity contribution in [1.29, 1.82) is 0 Å². The van der Waals surface area contributed by atoms with E-state index in [0.717, 1.165) is 0 Å². The maximum Gasteiger partial charge on any atom is 0.299 e. The number of Topliss-reactive ketones (excluding diaryl/α,β-unsaturated/α-hetero) is 1. The van der Waals surface area contributed by atoms with E-state index < -0.39 is 11.7 Å². The van der Waals surface area contributed by atoms with Crippen LogP contribution in [0.2, 0.25) is 10.0 Å². The second-order valence-corrected chi connectivity index (χ2v) is 5.67. The molecule has 0 atom stereocenters. The zero-order valence-corrected chi connectivity index (χ0v) is 12.9. The van der Waals surface area contributed by atoms with Crippen LogP contribution in [0.4, 0.5) is 5.69 Å². The zero-order chi connectivity index (χ0) is 15.3. The lowest BCUT2D eigenvalue weighted by atomic mass is 10.1. The van der Waals surface area contributed by atoms with Crippen molar-refractivity contribution >= 4 is 40.6 Å². The van der Waals surface area contributed by atoms with Crippen molar-refractivity contribution in [2.45, 2.75) is 13.5 Å². The van der Waals surface area contributed by atoms with Gasteiger partial charge in [-0.25, -0.2) is 0 Å². The number of carbonyl (C=O) groups is 2. The molecule has 1 aliphatic rings. The van der Waals surface area contributed by atoms with Gasteiger partial charge in [0.1, 0.15) is 0 Å². The number of carbonyl (C=O) groups excluding carboxylic acids is 2. The second kappa shape index (κ2) is 4.86. The molecule has 0 unspecified atom stereocenters. The van der Waals surface area contributed by atoms with E-state index in [1.807, 2.05) is 0 Å². The van der Waals surface area contributed by atoms with Gasteiger partial charge >= 0.3 is 0 Å². The molecule has 2 heterocycles. The van der Waals surface area contributed by atoms with Crippen LogP contribution in [0.1, 0.15) is 21.7 Å². The molecule has 0 saturated carbocycles. The van der Waals surface area contributed by atoms with Crippen molar-refractivity contribution < 1.29 is 9.59 Å². The van der Waals surface area contributed by atoms with Gasteiger partial charge in [0.15, 0.2) is 0 Å². The number of fused-ring (bicyclic) bond motifs is 1. The normalized spacial score (nSPS) is 14.0. The average molecular weight is 324 g/mol. The molecule has 1 aromatic carbocycles. The summed E-state index contributed by atoms with van der Waals surface area (Å²) in [5.74, 6) is -1.13. The lowest BCUT2D eigenvalue weighted by molar-refractivity contribution is -0.114. The Morgan fingerprint density at radius 1 is 1.24 bits per heavy atom. The Morgan fingerprint density at radius 3 is 2.57 bits per heavy atom. The number of nitrogens with zero attached hydrogens (tertiary/aromatic N) is 3. The summed E-state index contributed by atoms with van der Waals surface area (Å²) in [6.07, 6.45) is 0. The summed E-state index contributed by atoms with van der Waals surface area (Å²) in [4.78, 5) is 25.6. The summed E-state index contributed by atoms with van der Waals surface area (Å²) in [6, 6.07) is 4.82. The molecule has 7 heteroatoms. The molecule has 108 valence electrons. The van der Waals surface area contributed by atoms with Gasteiger partial charge in [-0.15, -0.1) is 0 Å². The minimum Gasteiger partial charge on any atom is -0.299 e. The Labute approximate surface area is 131 Å². The lowest BCUT2D eigenvalue weighted by Crippen LogP contribution is -2.30. The fraction of sp³-hybridized carbons (Fsp3) is 0.214. The Hall–Kier alpha value is -1.85. The molecule has 0 fully saturated rings. The van der Waals surface area contributed by atoms with Crippen molar-refractivity contribution in [3.8, 4) is 0 Å². The highest BCUT2D eigenvalue weighted by molar-refractivity contribution is 6.52. The molecule has 1 amide bonds. The van der Waals surface area contributed by atoms with Crippen molar-refractivity contribution in [1.82, 2.24) is 9.78 Å². The Morgan fingerprint density at radius 2 is 1.95 bits per heavy atom. The van der Waals surface area contributed by atoms with Gasteiger partial charge in [-0.05, 0) is 25.1 Å². The first-order valence-electron chi connectivity index (χ1n) is 6.24. The predicted octanol–water partition coefficient (Wildman–Crippen LogP) is 2.76. The fourth-order valence-corrected chi connectivity index (χ4v) is 2.82. The van der Waals surface area contributed by atoms with E-state index in [2.05, 4.69) is 5.10 Å². The Bertz CT molecular complexity index is 783. The number of halogens is 2. The molecule has 0 radical (unpaired) electrons. The van der Waals surface area contributed by atoms with Crippen LogP contribution in [0.3, 0.4) is 0 Å². The van der Waals surface area contributed by atoms with Gasteiger partial charge in [0.2, 0.25) is 0 Å². The molecule has 0 bridgehead atoms. The highest BCUT2D eigenvalue weighted by atomic mass is 35.5. The third kappa shape index (κ3) is 2.13. The number of ketones is 1. The number of benzene rings is 1. The molecule has 0 N–H and O–H groups in total. The average Bonchev–Trinajstić information content (AvgIpc) is 2.81. The monoisotopic (exact) mass is 323 g/mol. The van der Waals surface area contributed by atoms with E-state index in [4.69, 9.17) is 23.2 Å². The molecule has 0 saturated heterocycles. The first-order valence-corrected chi connectivity index (χ1v) is 6.99. The number of amides is 1. The number of hydrogen-bond acceptors (Lipinski definition) is 3.